The van der Waals surface area contributed by atoms with Crippen LogP contribution in [0, 0.1) is 11.3 Å². The predicted octanol–water partition coefficient (Wildman–Crippen LogP) is 0.999. The Morgan fingerprint density at radius 3 is 3.10 bits per heavy atom. The highest BCUT2D eigenvalue weighted by Crippen LogP contribution is 2.23. The molecule has 0 aromatic heterocycles. The van der Waals surface area contributed by atoms with Crippen molar-refractivity contribution in [1.29, 1.82) is 5.26 Å². The minimum atomic E-state index is 0.0539. The van der Waals surface area contributed by atoms with Gasteiger partial charge in [0.15, 0.2) is 0 Å². The van der Waals surface area contributed by atoms with Gasteiger partial charge in [0.1, 0.15) is 0 Å². The second kappa shape index (κ2) is 6.40. The Kier molecular flexibility index (Phi) is 4.59. The van der Waals surface area contributed by atoms with Crippen LogP contribution in [0.1, 0.15) is 17.5 Å². The van der Waals surface area contributed by atoms with E-state index < -0.39 is 0 Å². The van der Waals surface area contributed by atoms with E-state index in [0.717, 1.165) is 30.8 Å². The Morgan fingerprint density at radius 1 is 1.55 bits per heavy atom. The van der Waals surface area contributed by atoms with E-state index in [0.29, 0.717) is 19.5 Å². The van der Waals surface area contributed by atoms with Crippen molar-refractivity contribution < 1.29 is 4.79 Å². The first kappa shape index (κ1) is 14.4. The van der Waals surface area contributed by atoms with Gasteiger partial charge in [0.05, 0.1) is 19.0 Å². The van der Waals surface area contributed by atoms with Crippen molar-refractivity contribution in [3.63, 3.8) is 0 Å². The van der Waals surface area contributed by atoms with Gasteiger partial charge in [-0.2, -0.15) is 5.26 Å². The molecule has 0 radical (unpaired) electrons. The zero-order valence-electron chi connectivity index (χ0n) is 11.8. The summed E-state index contributed by atoms with van der Waals surface area (Å²) in [6.45, 7) is 2.46. The third-order valence-corrected chi connectivity index (χ3v) is 3.73. The maximum absolute atomic E-state index is 12.1. The summed E-state index contributed by atoms with van der Waals surface area (Å²) in [6.07, 6.45) is 1.30. The van der Waals surface area contributed by atoms with E-state index in [1.807, 2.05) is 12.1 Å². The van der Waals surface area contributed by atoms with Crippen LogP contribution in [-0.2, 0) is 17.8 Å². The zero-order valence-corrected chi connectivity index (χ0v) is 11.8. The fraction of sp³-hybridized carbons (Fsp3) is 0.467. The number of hydrogen-bond donors (Lipinski definition) is 1. The number of amides is 1. The molecule has 5 nitrogen and oxygen atoms in total. The second-order valence-electron chi connectivity index (χ2n) is 5.17. The van der Waals surface area contributed by atoms with E-state index in [1.165, 1.54) is 5.56 Å². The molecule has 20 heavy (non-hydrogen) atoms. The molecule has 1 amide bonds. The van der Waals surface area contributed by atoms with Gasteiger partial charge in [0.2, 0.25) is 5.91 Å². The normalized spacial score (nSPS) is 14.4. The van der Waals surface area contributed by atoms with Crippen molar-refractivity contribution in [3.8, 4) is 6.07 Å². The second-order valence-corrected chi connectivity index (χ2v) is 5.17. The summed E-state index contributed by atoms with van der Waals surface area (Å²) < 4.78 is 0. The fourth-order valence-electron chi connectivity index (χ4n) is 2.45. The van der Waals surface area contributed by atoms with Crippen LogP contribution in [0.5, 0.6) is 0 Å². The first-order valence-electron chi connectivity index (χ1n) is 6.81. The Bertz CT molecular complexity index is 535. The highest BCUT2D eigenvalue weighted by atomic mass is 16.2. The van der Waals surface area contributed by atoms with E-state index in [4.69, 9.17) is 11.0 Å². The molecule has 0 saturated heterocycles. The average molecular weight is 272 g/mol. The molecule has 0 atom stereocenters. The number of likely N-dealkylation sites (N-methyl/N-ethyl adjacent to an activating group) is 1. The van der Waals surface area contributed by atoms with Gasteiger partial charge in [-0.25, -0.2) is 0 Å². The number of nitriles is 1. The van der Waals surface area contributed by atoms with Gasteiger partial charge < -0.3 is 10.6 Å². The van der Waals surface area contributed by atoms with Gasteiger partial charge in [-0.3, -0.25) is 9.69 Å². The van der Waals surface area contributed by atoms with Gasteiger partial charge in [0, 0.05) is 32.4 Å². The first-order valence-corrected chi connectivity index (χ1v) is 6.81. The molecule has 1 aromatic rings. The van der Waals surface area contributed by atoms with Gasteiger partial charge in [-0.15, -0.1) is 0 Å². The van der Waals surface area contributed by atoms with Crippen molar-refractivity contribution in [2.24, 2.45) is 0 Å². The molecule has 5 heteroatoms. The molecule has 1 aliphatic rings. The van der Waals surface area contributed by atoms with Crippen LogP contribution in [0.15, 0.2) is 18.2 Å². The smallest absolute Gasteiger partial charge is 0.236 e. The summed E-state index contributed by atoms with van der Waals surface area (Å²) in [6, 6.07) is 8.04. The lowest BCUT2D eigenvalue weighted by Crippen LogP contribution is -2.41. The van der Waals surface area contributed by atoms with Gasteiger partial charge in [-0.1, -0.05) is 12.1 Å². The standard InChI is InChI=1S/C15H20N4O/c1-18(8-3-7-16)15(20)11-19-9-6-12-4-2-5-14(17)13(12)10-19/h2,4-5H,3,6,8-11,17H2,1H3. The monoisotopic (exact) mass is 272 g/mol. The number of anilines is 1. The van der Waals surface area contributed by atoms with Crippen molar-refractivity contribution in [2.75, 3.05) is 32.4 Å². The Balaban J connectivity index is 1.95. The number of nitrogens with zero attached hydrogens (tertiary/aromatic N) is 3. The lowest BCUT2D eigenvalue weighted by atomic mass is 9.98. The Labute approximate surface area is 119 Å². The number of nitrogen functional groups attached to an aromatic ring is 1. The molecular weight excluding hydrogens is 252 g/mol. The van der Waals surface area contributed by atoms with E-state index in [9.17, 15) is 4.79 Å². The lowest BCUT2D eigenvalue weighted by molar-refractivity contribution is -0.131. The molecule has 0 aliphatic carbocycles. The summed E-state index contributed by atoms with van der Waals surface area (Å²) in [5, 5.41) is 8.55. The van der Waals surface area contributed by atoms with Crippen LogP contribution in [-0.4, -0.2) is 42.4 Å². The molecule has 1 heterocycles. The number of rotatable bonds is 4. The summed E-state index contributed by atoms with van der Waals surface area (Å²) in [7, 11) is 1.74. The fourth-order valence-corrected chi connectivity index (χ4v) is 2.45. The van der Waals surface area contributed by atoms with Crippen LogP contribution >= 0.6 is 0 Å². The van der Waals surface area contributed by atoms with Crippen LogP contribution in [0.2, 0.25) is 0 Å². The molecule has 1 aliphatic heterocycles. The number of benzene rings is 1. The largest absolute Gasteiger partial charge is 0.398 e. The van der Waals surface area contributed by atoms with E-state index >= 15 is 0 Å². The van der Waals surface area contributed by atoms with Crippen LogP contribution in [0.25, 0.3) is 0 Å². The molecule has 2 rings (SSSR count). The Morgan fingerprint density at radius 2 is 2.35 bits per heavy atom. The van der Waals surface area contributed by atoms with Gasteiger partial charge >= 0.3 is 0 Å². The zero-order chi connectivity index (χ0) is 14.5. The van der Waals surface area contributed by atoms with E-state index in [2.05, 4.69) is 17.0 Å². The molecule has 0 unspecified atom stereocenters. The minimum absolute atomic E-state index is 0.0539. The maximum atomic E-state index is 12.1. The molecule has 2 N–H and O–H groups in total. The summed E-state index contributed by atoms with van der Waals surface area (Å²) >= 11 is 0. The van der Waals surface area contributed by atoms with E-state index in [-0.39, 0.29) is 5.91 Å². The topological polar surface area (TPSA) is 73.4 Å². The number of carbonyl (C=O) groups is 1. The van der Waals surface area contributed by atoms with Crippen molar-refractivity contribution in [2.45, 2.75) is 19.4 Å². The number of carbonyl (C=O) groups excluding carboxylic acids is 1. The number of fused-ring (bicyclic) bond motifs is 1. The molecular formula is C15H20N4O. The predicted molar refractivity (Wildman–Crippen MR) is 77.7 cm³/mol. The number of hydrogen-bond acceptors (Lipinski definition) is 4. The molecule has 0 saturated carbocycles. The Hall–Kier alpha value is -2.06. The lowest BCUT2D eigenvalue weighted by Gasteiger charge is -2.30. The summed E-state index contributed by atoms with van der Waals surface area (Å²) in [5.41, 5.74) is 9.23. The van der Waals surface area contributed by atoms with Crippen LogP contribution < -0.4 is 5.73 Å². The first-order chi connectivity index (χ1) is 9.61. The third kappa shape index (κ3) is 3.28. The highest BCUT2D eigenvalue weighted by molar-refractivity contribution is 5.78. The van der Waals surface area contributed by atoms with Crippen LogP contribution in [0.4, 0.5) is 5.69 Å². The SMILES string of the molecule is CN(CCC#N)C(=O)CN1CCc2cccc(N)c2C1. The van der Waals surface area contributed by atoms with Crippen molar-refractivity contribution in [3.05, 3.63) is 29.3 Å². The number of nitrogens with two attached hydrogens (primary N) is 1. The van der Waals surface area contributed by atoms with Crippen LogP contribution in [0.3, 0.4) is 0 Å². The van der Waals surface area contributed by atoms with E-state index in [1.54, 1.807) is 11.9 Å². The average Bonchev–Trinajstić information content (AvgIpc) is 2.45. The molecule has 0 fully saturated rings. The molecule has 106 valence electrons. The molecule has 0 spiro atoms. The summed E-state index contributed by atoms with van der Waals surface area (Å²) in [5.74, 6) is 0.0539. The third-order valence-electron chi connectivity index (χ3n) is 3.73. The van der Waals surface area contributed by atoms with Crippen molar-refractivity contribution >= 4 is 11.6 Å². The van der Waals surface area contributed by atoms with Gasteiger partial charge in [-0.05, 0) is 23.6 Å². The molecule has 0 bridgehead atoms. The summed E-state index contributed by atoms with van der Waals surface area (Å²) in [4.78, 5) is 15.8. The van der Waals surface area contributed by atoms with Crippen molar-refractivity contribution in [1.82, 2.24) is 9.80 Å². The minimum Gasteiger partial charge on any atom is -0.398 e. The quantitative estimate of drug-likeness (QED) is 0.830. The maximum Gasteiger partial charge on any atom is 0.236 e. The highest BCUT2D eigenvalue weighted by Gasteiger charge is 2.21. The molecule has 1 aromatic carbocycles. The van der Waals surface area contributed by atoms with Gasteiger partial charge in [0.25, 0.3) is 0 Å².